The Hall–Kier alpha value is -0.610. The van der Waals surface area contributed by atoms with Crippen LogP contribution in [0.5, 0.6) is 0 Å². The molecule has 2 unspecified atom stereocenters. The van der Waals surface area contributed by atoms with Gasteiger partial charge in [-0.25, -0.2) is 0 Å². The van der Waals surface area contributed by atoms with E-state index in [0.29, 0.717) is 13.0 Å². The molecule has 1 rings (SSSR count). The van der Waals surface area contributed by atoms with Gasteiger partial charge < -0.3 is 15.5 Å². The molecule has 0 aromatic heterocycles. The Bertz CT molecular complexity index is 184. The summed E-state index contributed by atoms with van der Waals surface area (Å²) >= 11 is 0. The Kier molecular flexibility index (Phi) is 4.90. The van der Waals surface area contributed by atoms with Gasteiger partial charge in [0.05, 0.1) is 6.10 Å². The van der Waals surface area contributed by atoms with Gasteiger partial charge in [-0.15, -0.1) is 0 Å². The minimum atomic E-state index is -0.754. The van der Waals surface area contributed by atoms with Crippen LogP contribution >= 0.6 is 0 Å². The molecule has 0 spiro atoms. The molecule has 14 heavy (non-hydrogen) atoms. The fourth-order valence-electron chi connectivity index (χ4n) is 1.88. The predicted molar refractivity (Wildman–Crippen MR) is 53.1 cm³/mol. The third-order valence-corrected chi connectivity index (χ3v) is 2.70. The van der Waals surface area contributed by atoms with Crippen molar-refractivity contribution in [2.45, 2.75) is 50.7 Å². The highest BCUT2D eigenvalue weighted by molar-refractivity contribution is 5.66. The van der Waals surface area contributed by atoms with Gasteiger partial charge >= 0.3 is 5.97 Å². The van der Waals surface area contributed by atoms with Gasteiger partial charge in [0.1, 0.15) is 0 Å². The molecule has 1 saturated carbocycles. The Balaban J connectivity index is 2.07. The van der Waals surface area contributed by atoms with Gasteiger partial charge in [-0.05, 0) is 25.8 Å². The van der Waals surface area contributed by atoms with E-state index in [9.17, 15) is 9.90 Å². The van der Waals surface area contributed by atoms with Gasteiger partial charge in [-0.1, -0.05) is 12.8 Å². The summed E-state index contributed by atoms with van der Waals surface area (Å²) in [5.74, 6) is -0.754. The molecule has 0 aromatic carbocycles. The quantitative estimate of drug-likeness (QED) is 0.574. The molecule has 4 nitrogen and oxygen atoms in total. The lowest BCUT2D eigenvalue weighted by Gasteiger charge is -2.28. The molecule has 3 N–H and O–H groups in total. The summed E-state index contributed by atoms with van der Waals surface area (Å²) in [5.41, 5.74) is 0. The minimum absolute atomic E-state index is 0.178. The summed E-state index contributed by atoms with van der Waals surface area (Å²) in [5, 5.41) is 21.2. The minimum Gasteiger partial charge on any atom is -0.481 e. The highest BCUT2D eigenvalue weighted by atomic mass is 16.4. The first-order chi connectivity index (χ1) is 6.70. The molecule has 0 amide bonds. The van der Waals surface area contributed by atoms with Crippen LogP contribution in [0.2, 0.25) is 0 Å². The lowest BCUT2D eigenvalue weighted by Crippen LogP contribution is -2.42. The number of nitrogens with one attached hydrogen (secondary N) is 1. The molecule has 82 valence electrons. The average molecular weight is 201 g/mol. The van der Waals surface area contributed by atoms with Crippen molar-refractivity contribution < 1.29 is 15.0 Å². The Morgan fingerprint density at radius 3 is 2.71 bits per heavy atom. The average Bonchev–Trinajstić information content (AvgIpc) is 2.15. The van der Waals surface area contributed by atoms with Crippen molar-refractivity contribution in [1.29, 1.82) is 0 Å². The van der Waals surface area contributed by atoms with Crippen molar-refractivity contribution in [3.8, 4) is 0 Å². The van der Waals surface area contributed by atoms with E-state index in [4.69, 9.17) is 5.11 Å². The first-order valence-electron chi connectivity index (χ1n) is 5.33. The van der Waals surface area contributed by atoms with E-state index in [1.807, 2.05) is 0 Å². The summed E-state index contributed by atoms with van der Waals surface area (Å²) in [7, 11) is 0. The van der Waals surface area contributed by atoms with Gasteiger partial charge in [-0.3, -0.25) is 4.79 Å². The topological polar surface area (TPSA) is 69.6 Å². The van der Waals surface area contributed by atoms with Crippen molar-refractivity contribution in [3.63, 3.8) is 0 Å². The summed E-state index contributed by atoms with van der Waals surface area (Å²) in [6, 6.07) is 0.178. The smallest absolute Gasteiger partial charge is 0.303 e. The second kappa shape index (κ2) is 5.98. The highest BCUT2D eigenvalue weighted by Crippen LogP contribution is 2.18. The van der Waals surface area contributed by atoms with Crippen LogP contribution < -0.4 is 5.32 Å². The number of hydrogen-bond donors (Lipinski definition) is 3. The van der Waals surface area contributed by atoms with E-state index in [0.717, 1.165) is 25.7 Å². The predicted octanol–water partition coefficient (Wildman–Crippen LogP) is 0.744. The lowest BCUT2D eigenvalue weighted by atomic mass is 9.92. The zero-order valence-corrected chi connectivity index (χ0v) is 8.41. The fourth-order valence-corrected chi connectivity index (χ4v) is 1.88. The summed E-state index contributed by atoms with van der Waals surface area (Å²) < 4.78 is 0. The van der Waals surface area contributed by atoms with Crippen molar-refractivity contribution in [2.75, 3.05) is 6.54 Å². The second-order valence-corrected chi connectivity index (χ2v) is 3.91. The van der Waals surface area contributed by atoms with Gasteiger partial charge in [0.2, 0.25) is 0 Å². The molecule has 0 aliphatic heterocycles. The molecule has 1 fully saturated rings. The number of carboxylic acids is 1. The first-order valence-corrected chi connectivity index (χ1v) is 5.33. The molecule has 1 aliphatic rings. The number of aliphatic hydroxyl groups is 1. The van der Waals surface area contributed by atoms with Crippen LogP contribution in [0.4, 0.5) is 0 Å². The summed E-state index contributed by atoms with van der Waals surface area (Å²) in [6.45, 7) is 0.689. The highest BCUT2D eigenvalue weighted by Gasteiger charge is 2.21. The summed E-state index contributed by atoms with van der Waals surface area (Å²) in [4.78, 5) is 10.2. The number of aliphatic carboxylic acids is 1. The maximum absolute atomic E-state index is 10.2. The van der Waals surface area contributed by atoms with Crippen molar-refractivity contribution in [2.24, 2.45) is 0 Å². The zero-order valence-electron chi connectivity index (χ0n) is 8.41. The lowest BCUT2D eigenvalue weighted by molar-refractivity contribution is -0.137. The normalized spacial score (nSPS) is 27.5. The second-order valence-electron chi connectivity index (χ2n) is 3.91. The number of aliphatic hydroxyl groups excluding tert-OH is 1. The summed E-state index contributed by atoms with van der Waals surface area (Å²) in [6.07, 6.45) is 4.75. The molecule has 4 heteroatoms. The number of hydrogen-bond acceptors (Lipinski definition) is 3. The van der Waals surface area contributed by atoms with Crippen LogP contribution in [0.1, 0.15) is 38.5 Å². The maximum atomic E-state index is 10.2. The van der Waals surface area contributed by atoms with E-state index in [1.165, 1.54) is 0 Å². The van der Waals surface area contributed by atoms with Crippen LogP contribution in [0.3, 0.4) is 0 Å². The largest absolute Gasteiger partial charge is 0.481 e. The van der Waals surface area contributed by atoms with E-state index < -0.39 is 5.97 Å². The molecule has 0 bridgehead atoms. The first kappa shape index (κ1) is 11.5. The molecule has 0 aromatic rings. The van der Waals surface area contributed by atoms with Crippen molar-refractivity contribution >= 4 is 5.97 Å². The molecule has 2 atom stereocenters. The maximum Gasteiger partial charge on any atom is 0.303 e. The third-order valence-electron chi connectivity index (χ3n) is 2.70. The molecule has 1 aliphatic carbocycles. The fraction of sp³-hybridized carbons (Fsp3) is 0.900. The van der Waals surface area contributed by atoms with Crippen LogP contribution in [-0.4, -0.2) is 34.9 Å². The Morgan fingerprint density at radius 2 is 2.07 bits per heavy atom. The molecule has 0 saturated heterocycles. The van der Waals surface area contributed by atoms with E-state index in [2.05, 4.69) is 5.32 Å². The number of carboxylic acid groups (broad SMARTS) is 1. The standard InChI is InChI=1S/C10H19NO3/c12-9-5-2-1-4-8(9)11-7-3-6-10(13)14/h8-9,11-12H,1-7H2,(H,13,14). The molecular weight excluding hydrogens is 182 g/mol. The van der Waals surface area contributed by atoms with Gasteiger partial charge in [0.25, 0.3) is 0 Å². The van der Waals surface area contributed by atoms with E-state index in [-0.39, 0.29) is 18.6 Å². The van der Waals surface area contributed by atoms with E-state index in [1.54, 1.807) is 0 Å². The number of carbonyl (C=O) groups is 1. The Labute approximate surface area is 84.3 Å². The van der Waals surface area contributed by atoms with Crippen LogP contribution in [0.25, 0.3) is 0 Å². The SMILES string of the molecule is O=C(O)CCCNC1CCCCC1O. The molecule has 0 radical (unpaired) electrons. The zero-order chi connectivity index (χ0) is 10.4. The van der Waals surface area contributed by atoms with Crippen LogP contribution in [0, 0.1) is 0 Å². The van der Waals surface area contributed by atoms with Gasteiger partial charge in [-0.2, -0.15) is 0 Å². The van der Waals surface area contributed by atoms with Crippen molar-refractivity contribution in [3.05, 3.63) is 0 Å². The third kappa shape index (κ3) is 4.07. The Morgan fingerprint density at radius 1 is 1.36 bits per heavy atom. The molecular formula is C10H19NO3. The van der Waals surface area contributed by atoms with Crippen LogP contribution in [0.15, 0.2) is 0 Å². The van der Waals surface area contributed by atoms with E-state index >= 15 is 0 Å². The van der Waals surface area contributed by atoms with Crippen LogP contribution in [-0.2, 0) is 4.79 Å². The van der Waals surface area contributed by atoms with Gasteiger partial charge in [0, 0.05) is 12.5 Å². The molecule has 0 heterocycles. The van der Waals surface area contributed by atoms with Gasteiger partial charge in [0.15, 0.2) is 0 Å². The number of rotatable bonds is 5. The van der Waals surface area contributed by atoms with Crippen molar-refractivity contribution in [1.82, 2.24) is 5.32 Å². The monoisotopic (exact) mass is 201 g/mol.